The number of hydrogen-bond donors (Lipinski definition) is 1. The van der Waals surface area contributed by atoms with Gasteiger partial charge in [0.15, 0.2) is 0 Å². The predicted molar refractivity (Wildman–Crippen MR) is 51.2 cm³/mol. The van der Waals surface area contributed by atoms with Crippen molar-refractivity contribution in [1.29, 1.82) is 0 Å². The molecule has 0 aromatic carbocycles. The highest BCUT2D eigenvalue weighted by molar-refractivity contribution is 7.80. The van der Waals surface area contributed by atoms with Gasteiger partial charge in [0.2, 0.25) is 0 Å². The van der Waals surface area contributed by atoms with Crippen molar-refractivity contribution in [1.82, 2.24) is 0 Å². The van der Waals surface area contributed by atoms with Crippen LogP contribution in [-0.2, 0) is 4.79 Å². The molecule has 0 aromatic rings. The molecule has 62 valence electrons. The topological polar surface area (TPSA) is 37.3 Å². The Morgan fingerprint density at radius 1 is 1.67 bits per heavy atom. The Bertz CT molecular complexity index is 298. The van der Waals surface area contributed by atoms with Gasteiger partial charge in [-0.1, -0.05) is 24.4 Å². The van der Waals surface area contributed by atoms with E-state index in [-0.39, 0.29) is 0 Å². The number of hydrogen-bond acceptors (Lipinski definition) is 2. The molecule has 0 aliphatic heterocycles. The number of carboxylic acids is 1. The fourth-order valence-electron chi connectivity index (χ4n) is 0.875. The van der Waals surface area contributed by atoms with Crippen molar-refractivity contribution in [3.05, 3.63) is 36.0 Å². The lowest BCUT2D eigenvalue weighted by Crippen LogP contribution is -1.94. The van der Waals surface area contributed by atoms with Gasteiger partial charge in [-0.3, -0.25) is 0 Å². The van der Waals surface area contributed by atoms with Crippen LogP contribution in [0.4, 0.5) is 0 Å². The molecule has 1 rings (SSSR count). The summed E-state index contributed by atoms with van der Waals surface area (Å²) in [4.78, 5) is 11.0. The maximum atomic E-state index is 10.2. The highest BCUT2D eigenvalue weighted by Gasteiger charge is 1.97. The molecule has 0 amide bonds. The van der Waals surface area contributed by atoms with Gasteiger partial charge >= 0.3 is 5.97 Å². The molecule has 0 spiro atoms. The second-order valence-corrected chi connectivity index (χ2v) is 2.91. The number of allylic oxidation sites excluding steroid dienone is 5. The zero-order valence-corrected chi connectivity index (χ0v) is 7.17. The van der Waals surface area contributed by atoms with Crippen molar-refractivity contribution in [2.24, 2.45) is 0 Å². The molecule has 1 N–H and O–H groups in total. The smallest absolute Gasteiger partial charge is 0.328 e. The van der Waals surface area contributed by atoms with E-state index >= 15 is 0 Å². The van der Waals surface area contributed by atoms with E-state index in [0.717, 1.165) is 22.9 Å². The Morgan fingerprint density at radius 2 is 2.42 bits per heavy atom. The summed E-state index contributed by atoms with van der Waals surface area (Å²) >= 11 is 4.95. The van der Waals surface area contributed by atoms with Crippen LogP contribution in [0, 0.1) is 0 Å². The summed E-state index contributed by atoms with van der Waals surface area (Å²) < 4.78 is 0. The summed E-state index contributed by atoms with van der Waals surface area (Å²) in [5.74, 6) is -0.944. The number of thiocarbonyl (C=S) groups is 1. The van der Waals surface area contributed by atoms with Gasteiger partial charge in [0, 0.05) is 17.4 Å². The molecular weight excluding hydrogens is 172 g/mol. The third-order valence-corrected chi connectivity index (χ3v) is 1.66. The second-order valence-electron chi connectivity index (χ2n) is 2.39. The van der Waals surface area contributed by atoms with Crippen molar-refractivity contribution < 1.29 is 9.90 Å². The van der Waals surface area contributed by atoms with Crippen molar-refractivity contribution in [3.63, 3.8) is 0 Å². The first-order valence-corrected chi connectivity index (χ1v) is 3.91. The average Bonchev–Trinajstić information content (AvgIpc) is 2.01. The number of aliphatic carboxylic acids is 1. The molecular formula is C9H8O2S. The van der Waals surface area contributed by atoms with Crippen molar-refractivity contribution in [2.75, 3.05) is 0 Å². The van der Waals surface area contributed by atoms with Gasteiger partial charge in [-0.2, -0.15) is 0 Å². The number of carbonyl (C=O) groups is 1. The molecule has 0 saturated heterocycles. The van der Waals surface area contributed by atoms with Crippen LogP contribution in [0.2, 0.25) is 0 Å². The van der Waals surface area contributed by atoms with E-state index < -0.39 is 5.97 Å². The van der Waals surface area contributed by atoms with Crippen molar-refractivity contribution in [2.45, 2.75) is 6.42 Å². The monoisotopic (exact) mass is 180 g/mol. The lowest BCUT2D eigenvalue weighted by Gasteiger charge is -2.01. The fraction of sp³-hybridized carbons (Fsp3) is 0.111. The quantitative estimate of drug-likeness (QED) is 0.520. The van der Waals surface area contributed by atoms with E-state index in [2.05, 4.69) is 0 Å². The lowest BCUT2D eigenvalue weighted by atomic mass is 10.1. The van der Waals surface area contributed by atoms with Gasteiger partial charge in [0.1, 0.15) is 0 Å². The summed E-state index contributed by atoms with van der Waals surface area (Å²) in [6.45, 7) is 0. The maximum absolute atomic E-state index is 10.2. The first kappa shape index (κ1) is 8.87. The van der Waals surface area contributed by atoms with Crippen LogP contribution < -0.4 is 0 Å². The third-order valence-electron chi connectivity index (χ3n) is 1.38. The fourth-order valence-corrected chi connectivity index (χ4v) is 1.11. The van der Waals surface area contributed by atoms with Crippen LogP contribution in [0.3, 0.4) is 0 Å². The maximum Gasteiger partial charge on any atom is 0.328 e. The van der Waals surface area contributed by atoms with Gasteiger partial charge in [0.25, 0.3) is 0 Å². The van der Waals surface area contributed by atoms with Crippen LogP contribution in [0.1, 0.15) is 6.42 Å². The van der Waals surface area contributed by atoms with E-state index in [9.17, 15) is 4.79 Å². The van der Waals surface area contributed by atoms with Crippen LogP contribution in [-0.4, -0.2) is 15.9 Å². The summed E-state index contributed by atoms with van der Waals surface area (Å²) in [5.41, 5.74) is 0.841. The molecule has 0 saturated carbocycles. The van der Waals surface area contributed by atoms with E-state index in [1.165, 1.54) is 6.08 Å². The van der Waals surface area contributed by atoms with E-state index in [4.69, 9.17) is 17.3 Å². The lowest BCUT2D eigenvalue weighted by molar-refractivity contribution is -0.131. The van der Waals surface area contributed by atoms with E-state index in [1.54, 1.807) is 6.08 Å². The summed E-state index contributed by atoms with van der Waals surface area (Å²) in [6.07, 6.45) is 8.99. The van der Waals surface area contributed by atoms with Gasteiger partial charge in [-0.15, -0.1) is 0 Å². The van der Waals surface area contributed by atoms with Gasteiger partial charge < -0.3 is 5.11 Å². The summed E-state index contributed by atoms with van der Waals surface area (Å²) in [7, 11) is 0. The number of rotatable bonds is 2. The highest BCUT2D eigenvalue weighted by Crippen LogP contribution is 2.09. The molecule has 0 fully saturated rings. The van der Waals surface area contributed by atoms with Crippen LogP contribution in [0.15, 0.2) is 36.0 Å². The Hall–Kier alpha value is -1.22. The minimum Gasteiger partial charge on any atom is -0.478 e. The predicted octanol–water partition coefficient (Wildman–Crippen LogP) is 1.88. The first-order chi connectivity index (χ1) is 5.68. The zero-order chi connectivity index (χ0) is 8.97. The van der Waals surface area contributed by atoms with Crippen molar-refractivity contribution in [3.8, 4) is 0 Å². The standard InChI is InChI=1S/C9H8O2S/c10-9(11)5-4-7-2-1-3-8(12)6-7/h1-2,4-6H,3H2,(H,10,11). The van der Waals surface area contributed by atoms with Crippen LogP contribution in [0.5, 0.6) is 0 Å². The summed E-state index contributed by atoms with van der Waals surface area (Å²) in [6, 6.07) is 0. The molecule has 0 radical (unpaired) electrons. The minimum absolute atomic E-state index is 0.778. The minimum atomic E-state index is -0.944. The van der Waals surface area contributed by atoms with Gasteiger partial charge in [-0.25, -0.2) is 4.79 Å². The summed E-state index contributed by atoms with van der Waals surface area (Å²) in [5, 5.41) is 8.34. The zero-order valence-electron chi connectivity index (χ0n) is 6.36. The molecule has 12 heavy (non-hydrogen) atoms. The van der Waals surface area contributed by atoms with Crippen LogP contribution >= 0.6 is 12.2 Å². The van der Waals surface area contributed by atoms with E-state index in [0.29, 0.717) is 0 Å². The Kier molecular flexibility index (Phi) is 2.94. The molecule has 0 aromatic heterocycles. The molecule has 1 aliphatic rings. The molecule has 2 nitrogen and oxygen atoms in total. The molecule has 0 unspecified atom stereocenters. The normalized spacial score (nSPS) is 16.7. The first-order valence-electron chi connectivity index (χ1n) is 3.50. The molecule has 0 heterocycles. The van der Waals surface area contributed by atoms with Crippen molar-refractivity contribution >= 4 is 23.1 Å². The molecule has 0 bridgehead atoms. The SMILES string of the molecule is O=C(O)C=CC1=CC(=S)CC=C1. The third kappa shape index (κ3) is 2.80. The Balaban J connectivity index is 2.70. The van der Waals surface area contributed by atoms with Gasteiger partial charge in [0.05, 0.1) is 0 Å². The Morgan fingerprint density at radius 3 is 3.00 bits per heavy atom. The Labute approximate surface area is 75.9 Å². The van der Waals surface area contributed by atoms with Crippen LogP contribution in [0.25, 0.3) is 0 Å². The highest BCUT2D eigenvalue weighted by atomic mass is 32.1. The average molecular weight is 180 g/mol. The molecule has 0 atom stereocenters. The molecule has 3 heteroatoms. The largest absolute Gasteiger partial charge is 0.478 e. The number of carboxylic acid groups (broad SMARTS) is 1. The molecule has 1 aliphatic carbocycles. The van der Waals surface area contributed by atoms with E-state index in [1.807, 2.05) is 12.2 Å². The second kappa shape index (κ2) is 3.97. The van der Waals surface area contributed by atoms with Gasteiger partial charge in [-0.05, 0) is 17.7 Å².